The summed E-state index contributed by atoms with van der Waals surface area (Å²) in [6, 6.07) is 3.01. The van der Waals surface area contributed by atoms with E-state index in [1.54, 1.807) is 0 Å². The normalized spacial score (nSPS) is 9.81. The SMILES string of the molecule is Cn1nc(C(=O)[O-])c2cccnc2c1=O.[Li+]. The van der Waals surface area contributed by atoms with Crippen LogP contribution in [0.1, 0.15) is 10.5 Å². The van der Waals surface area contributed by atoms with Gasteiger partial charge in [0.15, 0.2) is 0 Å². The number of hydrogen-bond acceptors (Lipinski definition) is 5. The molecule has 7 heteroatoms. The maximum atomic E-state index is 11.5. The number of aromatic nitrogens is 3. The Hall–Kier alpha value is -1.64. The summed E-state index contributed by atoms with van der Waals surface area (Å²) < 4.78 is 0.931. The maximum Gasteiger partial charge on any atom is 1.00 e. The molecule has 0 aliphatic heterocycles. The molecule has 0 saturated carbocycles. The van der Waals surface area contributed by atoms with Crippen LogP contribution in [0.5, 0.6) is 0 Å². The summed E-state index contributed by atoms with van der Waals surface area (Å²) in [5.41, 5.74) is -0.634. The first kappa shape index (κ1) is 12.4. The fourth-order valence-corrected chi connectivity index (χ4v) is 1.32. The van der Waals surface area contributed by atoms with Gasteiger partial charge < -0.3 is 9.90 Å². The number of carbonyl (C=O) groups is 1. The summed E-state index contributed by atoms with van der Waals surface area (Å²) in [4.78, 5) is 26.1. The minimum atomic E-state index is -1.43. The van der Waals surface area contributed by atoms with Crippen LogP contribution in [-0.2, 0) is 7.05 Å². The maximum absolute atomic E-state index is 11.5. The van der Waals surface area contributed by atoms with E-state index in [0.29, 0.717) is 0 Å². The molecule has 0 N–H and O–H groups in total. The first-order chi connectivity index (χ1) is 7.11. The van der Waals surface area contributed by atoms with Crippen LogP contribution in [0.4, 0.5) is 0 Å². The Morgan fingerprint density at radius 3 is 2.81 bits per heavy atom. The first-order valence-corrected chi connectivity index (χ1v) is 4.14. The van der Waals surface area contributed by atoms with Gasteiger partial charge in [0, 0.05) is 18.6 Å². The number of pyridine rings is 1. The van der Waals surface area contributed by atoms with Gasteiger partial charge in [-0.3, -0.25) is 9.78 Å². The Morgan fingerprint density at radius 2 is 2.19 bits per heavy atom. The number of carboxylic acids is 1. The predicted octanol–water partition coefficient (Wildman–Crippen LogP) is -4.30. The van der Waals surface area contributed by atoms with Gasteiger partial charge in [-0.1, -0.05) is 0 Å². The summed E-state index contributed by atoms with van der Waals surface area (Å²) in [6.45, 7) is 0. The molecule has 76 valence electrons. The third kappa shape index (κ3) is 1.85. The average molecular weight is 211 g/mol. The molecule has 0 aliphatic carbocycles. The molecule has 16 heavy (non-hydrogen) atoms. The van der Waals surface area contributed by atoms with Crippen molar-refractivity contribution in [2.24, 2.45) is 7.05 Å². The molecule has 0 spiro atoms. The number of aromatic carboxylic acids is 1. The number of carboxylic acid groups (broad SMARTS) is 1. The molecule has 0 radical (unpaired) electrons. The Balaban J connectivity index is 0.00000128. The van der Waals surface area contributed by atoms with Crippen molar-refractivity contribution >= 4 is 16.9 Å². The summed E-state index contributed by atoms with van der Waals surface area (Å²) >= 11 is 0. The number of fused-ring (bicyclic) bond motifs is 1. The second kappa shape index (κ2) is 4.47. The van der Waals surface area contributed by atoms with Crippen LogP contribution < -0.4 is 29.5 Å². The zero-order valence-electron chi connectivity index (χ0n) is 8.80. The van der Waals surface area contributed by atoms with Gasteiger partial charge in [0.05, 0.1) is 5.97 Å². The summed E-state index contributed by atoms with van der Waals surface area (Å²) in [6.07, 6.45) is 1.42. The smallest absolute Gasteiger partial charge is 0.543 e. The number of rotatable bonds is 1. The Bertz CT molecular complexity index is 608. The second-order valence-corrected chi connectivity index (χ2v) is 2.96. The van der Waals surface area contributed by atoms with Crippen molar-refractivity contribution in [3.05, 3.63) is 34.4 Å². The quantitative estimate of drug-likeness (QED) is 0.445. The van der Waals surface area contributed by atoms with Crippen molar-refractivity contribution < 1.29 is 28.8 Å². The summed E-state index contributed by atoms with van der Waals surface area (Å²) in [5.74, 6) is -1.43. The van der Waals surface area contributed by atoms with Crippen molar-refractivity contribution in [2.45, 2.75) is 0 Å². The van der Waals surface area contributed by atoms with E-state index in [2.05, 4.69) is 10.1 Å². The van der Waals surface area contributed by atoms with Crippen molar-refractivity contribution in [1.29, 1.82) is 0 Å². The van der Waals surface area contributed by atoms with Gasteiger partial charge in [-0.15, -0.1) is 0 Å². The monoisotopic (exact) mass is 211 g/mol. The van der Waals surface area contributed by atoms with Crippen LogP contribution in [0.15, 0.2) is 23.1 Å². The van der Waals surface area contributed by atoms with Crippen LogP contribution in [0, 0.1) is 0 Å². The molecular weight excluding hydrogens is 205 g/mol. The Morgan fingerprint density at radius 1 is 1.50 bits per heavy atom. The molecule has 2 aromatic heterocycles. The topological polar surface area (TPSA) is 87.9 Å². The molecule has 0 aromatic carbocycles. The zero-order chi connectivity index (χ0) is 11.0. The van der Waals surface area contributed by atoms with E-state index in [1.165, 1.54) is 25.4 Å². The molecule has 0 atom stereocenters. The van der Waals surface area contributed by atoms with Crippen LogP contribution in [0.3, 0.4) is 0 Å². The third-order valence-corrected chi connectivity index (χ3v) is 2.00. The Labute approximate surface area is 102 Å². The van der Waals surface area contributed by atoms with Gasteiger partial charge >= 0.3 is 18.9 Å². The van der Waals surface area contributed by atoms with Gasteiger partial charge in [0.25, 0.3) is 5.56 Å². The molecule has 2 heterocycles. The molecule has 2 rings (SSSR count). The van der Waals surface area contributed by atoms with E-state index in [1.807, 2.05) is 0 Å². The van der Waals surface area contributed by atoms with E-state index < -0.39 is 11.5 Å². The fourth-order valence-electron chi connectivity index (χ4n) is 1.32. The Kier molecular flexibility index (Phi) is 3.47. The molecule has 0 aliphatic rings. The number of carbonyl (C=O) groups excluding carboxylic acids is 1. The van der Waals surface area contributed by atoms with Gasteiger partial charge in [-0.05, 0) is 12.1 Å². The second-order valence-electron chi connectivity index (χ2n) is 2.96. The minimum Gasteiger partial charge on any atom is -0.543 e. The summed E-state index contributed by atoms with van der Waals surface area (Å²) in [5, 5.41) is 14.6. The van der Waals surface area contributed by atoms with Crippen LogP contribution in [0.25, 0.3) is 10.9 Å². The third-order valence-electron chi connectivity index (χ3n) is 2.00. The van der Waals surface area contributed by atoms with Gasteiger partial charge in [0.2, 0.25) is 0 Å². The first-order valence-electron chi connectivity index (χ1n) is 4.14. The van der Waals surface area contributed by atoms with Crippen molar-refractivity contribution in [2.75, 3.05) is 0 Å². The predicted molar refractivity (Wildman–Crippen MR) is 49.1 cm³/mol. The number of hydrogen-bond donors (Lipinski definition) is 0. The van der Waals surface area contributed by atoms with Crippen LogP contribution in [0.2, 0.25) is 0 Å². The van der Waals surface area contributed by atoms with E-state index >= 15 is 0 Å². The zero-order valence-corrected chi connectivity index (χ0v) is 8.80. The number of nitrogens with zero attached hydrogens (tertiary/aromatic N) is 3. The molecule has 0 fully saturated rings. The van der Waals surface area contributed by atoms with Crippen molar-refractivity contribution in [1.82, 2.24) is 14.8 Å². The summed E-state index contributed by atoms with van der Waals surface area (Å²) in [7, 11) is 1.36. The minimum absolute atomic E-state index is 0. The molecule has 0 bridgehead atoms. The van der Waals surface area contributed by atoms with E-state index in [9.17, 15) is 14.7 Å². The van der Waals surface area contributed by atoms with Gasteiger partial charge in [-0.25, -0.2) is 4.68 Å². The molecule has 6 nitrogen and oxygen atoms in total. The molecule has 0 amide bonds. The molecule has 2 aromatic rings. The van der Waals surface area contributed by atoms with Crippen molar-refractivity contribution in [3.63, 3.8) is 0 Å². The van der Waals surface area contributed by atoms with E-state index in [4.69, 9.17) is 0 Å². The standard InChI is InChI=1S/C9H7N3O3.Li/c1-12-8(13)6-5(3-2-4-10-6)7(11-12)9(14)15;/h2-4H,1H3,(H,14,15);/q;+1/p-1. The van der Waals surface area contributed by atoms with E-state index in [-0.39, 0.29) is 35.5 Å². The van der Waals surface area contributed by atoms with Crippen LogP contribution >= 0.6 is 0 Å². The van der Waals surface area contributed by atoms with Gasteiger partial charge in [-0.2, -0.15) is 5.10 Å². The van der Waals surface area contributed by atoms with Crippen molar-refractivity contribution in [3.8, 4) is 0 Å². The largest absolute Gasteiger partial charge is 1.00 e. The number of aryl methyl sites for hydroxylation is 1. The molecule has 0 saturated heterocycles. The van der Waals surface area contributed by atoms with Gasteiger partial charge in [0.1, 0.15) is 11.2 Å². The van der Waals surface area contributed by atoms with E-state index in [0.717, 1.165) is 4.68 Å². The van der Waals surface area contributed by atoms with Crippen LogP contribution in [-0.4, -0.2) is 20.7 Å². The average Bonchev–Trinajstić information content (AvgIpc) is 2.23. The fraction of sp³-hybridized carbons (Fsp3) is 0.111. The molecule has 0 unspecified atom stereocenters. The molecular formula is C9H6LiN3O3.